The molecule has 2 amide bonds. The number of hydrogen-bond acceptors (Lipinski definition) is 5. The molecule has 35 heavy (non-hydrogen) atoms. The van der Waals surface area contributed by atoms with Gasteiger partial charge >= 0.3 is 6.18 Å². The Morgan fingerprint density at radius 2 is 1.66 bits per heavy atom. The third-order valence-electron chi connectivity index (χ3n) is 7.02. The monoisotopic (exact) mass is 562 g/mol. The van der Waals surface area contributed by atoms with Crippen LogP contribution in [0.3, 0.4) is 0 Å². The summed E-state index contributed by atoms with van der Waals surface area (Å²) in [6.45, 7) is -0.405. The third kappa shape index (κ3) is 3.14. The van der Waals surface area contributed by atoms with Gasteiger partial charge < -0.3 is 10.2 Å². The highest BCUT2D eigenvalue weighted by atomic mass is 35.5. The zero-order valence-corrected chi connectivity index (χ0v) is 20.4. The number of hydrogen-bond donors (Lipinski definition) is 1. The van der Waals surface area contributed by atoms with Gasteiger partial charge in [0, 0.05) is 33.2 Å². The Bertz CT molecular complexity index is 1350. The lowest BCUT2D eigenvalue weighted by Gasteiger charge is -2.46. The number of anilines is 2. The van der Waals surface area contributed by atoms with Crippen molar-refractivity contribution in [2.75, 3.05) is 16.8 Å². The number of rotatable bonds is 1. The summed E-state index contributed by atoms with van der Waals surface area (Å²) in [6.07, 6.45) is -4.86. The smallest absolute Gasteiger partial charge is 0.338 e. The van der Waals surface area contributed by atoms with Crippen molar-refractivity contribution in [3.63, 3.8) is 0 Å². The standard InChI is InChI=1S/C22H13Cl4F3N4O2/c23-9-2-10(24)4-12(3-9)33-18(34)16-15-1-8(22(27,28)29)7-32(15)20-30-17-13(5-11(25)6-14(17)26)21(16,31-20)19(33)35/h2-6,8,15-16H,1,7H2,(H,30,31). The molecular formula is C22H13Cl4F3N4O2. The average molecular weight is 564 g/mol. The van der Waals surface area contributed by atoms with Crippen molar-refractivity contribution in [3.05, 3.63) is 56.0 Å². The molecule has 182 valence electrons. The normalized spacial score (nSPS) is 29.0. The molecule has 0 saturated carbocycles. The largest absolute Gasteiger partial charge is 0.393 e. The minimum absolute atomic E-state index is 0.0573. The van der Waals surface area contributed by atoms with Gasteiger partial charge in [0.2, 0.25) is 5.91 Å². The Kier molecular flexibility index (Phi) is 4.92. The summed E-state index contributed by atoms with van der Waals surface area (Å²) in [6, 6.07) is 6.18. The summed E-state index contributed by atoms with van der Waals surface area (Å²) < 4.78 is 41.3. The summed E-state index contributed by atoms with van der Waals surface area (Å²) in [4.78, 5) is 34.9. The lowest BCUT2D eigenvalue weighted by atomic mass is 9.72. The highest BCUT2D eigenvalue weighted by Crippen LogP contribution is 2.57. The number of nitrogens with zero attached hydrogens (tertiary/aromatic N) is 3. The van der Waals surface area contributed by atoms with Gasteiger partial charge in [-0.3, -0.25) is 9.59 Å². The minimum Gasteiger partial charge on any atom is -0.338 e. The topological polar surface area (TPSA) is 65.0 Å². The highest BCUT2D eigenvalue weighted by Gasteiger charge is 2.70. The van der Waals surface area contributed by atoms with Gasteiger partial charge in [0.15, 0.2) is 11.5 Å². The summed E-state index contributed by atoms with van der Waals surface area (Å²) in [5, 5.41) is 3.67. The Morgan fingerprint density at radius 1 is 1.00 bits per heavy atom. The van der Waals surface area contributed by atoms with E-state index in [1.54, 1.807) is 0 Å². The van der Waals surface area contributed by atoms with Crippen LogP contribution in [-0.2, 0) is 15.1 Å². The van der Waals surface area contributed by atoms with E-state index in [0.717, 1.165) is 4.90 Å². The second kappa shape index (κ2) is 7.41. The third-order valence-corrected chi connectivity index (χ3v) is 7.97. The van der Waals surface area contributed by atoms with Crippen LogP contribution in [0.5, 0.6) is 0 Å². The molecule has 0 aromatic heterocycles. The van der Waals surface area contributed by atoms with Crippen molar-refractivity contribution >= 4 is 75.6 Å². The van der Waals surface area contributed by atoms with Crippen LogP contribution in [0.1, 0.15) is 12.0 Å². The second-order valence-corrected chi connectivity index (χ2v) is 10.6. The van der Waals surface area contributed by atoms with E-state index in [2.05, 4.69) is 10.3 Å². The van der Waals surface area contributed by atoms with E-state index in [1.165, 1.54) is 35.2 Å². The number of benzene rings is 2. The van der Waals surface area contributed by atoms with Gasteiger partial charge in [-0.2, -0.15) is 13.2 Å². The Labute approximate surface area is 216 Å². The van der Waals surface area contributed by atoms with Gasteiger partial charge in [-0.05, 0) is 36.8 Å². The molecule has 1 N–H and O–H groups in total. The predicted molar refractivity (Wildman–Crippen MR) is 126 cm³/mol. The van der Waals surface area contributed by atoms with Crippen molar-refractivity contribution in [1.29, 1.82) is 0 Å². The zero-order chi connectivity index (χ0) is 25.0. The predicted octanol–water partition coefficient (Wildman–Crippen LogP) is 5.73. The fraction of sp³-hybridized carbons (Fsp3) is 0.318. The number of halogens is 7. The van der Waals surface area contributed by atoms with Gasteiger partial charge in [0.1, 0.15) is 0 Å². The summed E-state index contributed by atoms with van der Waals surface area (Å²) in [5.74, 6) is -4.33. The molecule has 6 rings (SSSR count). The first-order valence-corrected chi connectivity index (χ1v) is 12.0. The quantitative estimate of drug-likeness (QED) is 0.450. The number of fused-ring (bicyclic) bond motifs is 4. The maximum absolute atomic E-state index is 14.1. The second-order valence-electron chi connectivity index (χ2n) is 8.92. The van der Waals surface area contributed by atoms with Crippen LogP contribution in [-0.4, -0.2) is 41.4 Å². The van der Waals surface area contributed by atoms with Crippen LogP contribution >= 0.6 is 46.4 Å². The summed E-state index contributed by atoms with van der Waals surface area (Å²) in [5.41, 5.74) is -1.25. The Hall–Kier alpha value is -2.20. The van der Waals surface area contributed by atoms with Crippen LogP contribution < -0.4 is 10.2 Å². The molecule has 4 aliphatic rings. The fourth-order valence-electron chi connectivity index (χ4n) is 5.64. The molecule has 0 radical (unpaired) electrons. The molecule has 13 heteroatoms. The minimum atomic E-state index is -4.49. The number of guanidine groups is 1. The van der Waals surface area contributed by atoms with Crippen LogP contribution in [0.25, 0.3) is 0 Å². The molecule has 4 aliphatic heterocycles. The maximum Gasteiger partial charge on any atom is 0.393 e. The van der Waals surface area contributed by atoms with E-state index in [-0.39, 0.29) is 49.4 Å². The zero-order valence-electron chi connectivity index (χ0n) is 17.3. The van der Waals surface area contributed by atoms with Crippen molar-refractivity contribution in [3.8, 4) is 0 Å². The number of amides is 2. The Morgan fingerprint density at radius 3 is 2.31 bits per heavy atom. The number of nitrogens with one attached hydrogen (secondary N) is 1. The SMILES string of the molecule is O=C1C2C3CC(C(F)(F)F)CN3C3=NC2(C(=O)N1c1cc(Cl)cc(Cl)c1)c1cc(Cl)cc(Cl)c1N3. The van der Waals surface area contributed by atoms with Gasteiger partial charge in [-0.1, -0.05) is 46.4 Å². The molecule has 2 bridgehead atoms. The van der Waals surface area contributed by atoms with Crippen LogP contribution in [0.15, 0.2) is 35.3 Å². The average Bonchev–Trinajstić information content (AvgIpc) is 3.27. The molecule has 0 aliphatic carbocycles. The van der Waals surface area contributed by atoms with E-state index in [0.29, 0.717) is 0 Å². The molecule has 2 aromatic carbocycles. The first-order valence-electron chi connectivity index (χ1n) is 10.5. The van der Waals surface area contributed by atoms with E-state index < -0.39 is 48.0 Å². The van der Waals surface area contributed by atoms with Gasteiger partial charge in [-0.25, -0.2) is 9.89 Å². The molecule has 2 saturated heterocycles. The van der Waals surface area contributed by atoms with Crippen molar-refractivity contribution < 1.29 is 22.8 Å². The van der Waals surface area contributed by atoms with E-state index in [1.807, 2.05) is 0 Å². The van der Waals surface area contributed by atoms with E-state index >= 15 is 0 Å². The number of imide groups is 1. The van der Waals surface area contributed by atoms with Crippen molar-refractivity contribution in [2.45, 2.75) is 24.2 Å². The lowest BCUT2D eigenvalue weighted by Crippen LogP contribution is -2.59. The highest BCUT2D eigenvalue weighted by molar-refractivity contribution is 6.39. The van der Waals surface area contributed by atoms with Crippen LogP contribution in [0, 0.1) is 11.8 Å². The van der Waals surface area contributed by atoms with Gasteiger partial charge in [-0.15, -0.1) is 0 Å². The van der Waals surface area contributed by atoms with Crippen molar-refractivity contribution in [2.24, 2.45) is 16.8 Å². The molecule has 1 spiro atoms. The molecule has 2 aromatic rings. The molecule has 6 nitrogen and oxygen atoms in total. The maximum atomic E-state index is 14.1. The molecule has 4 unspecified atom stereocenters. The molecule has 4 atom stereocenters. The number of carbonyl (C=O) groups is 2. The van der Waals surface area contributed by atoms with Crippen molar-refractivity contribution in [1.82, 2.24) is 4.90 Å². The van der Waals surface area contributed by atoms with Crippen LogP contribution in [0.4, 0.5) is 24.5 Å². The number of alkyl halides is 3. The molecular weight excluding hydrogens is 551 g/mol. The van der Waals surface area contributed by atoms with Gasteiger partial charge in [0.05, 0.1) is 28.2 Å². The van der Waals surface area contributed by atoms with E-state index in [9.17, 15) is 22.8 Å². The lowest BCUT2D eigenvalue weighted by molar-refractivity contribution is -0.170. The first kappa shape index (κ1) is 23.2. The molecule has 2 fully saturated rings. The fourth-order valence-corrected chi connectivity index (χ4v) is 6.70. The van der Waals surface area contributed by atoms with Crippen LogP contribution in [0.2, 0.25) is 20.1 Å². The number of carbonyl (C=O) groups excluding carboxylic acids is 2. The summed E-state index contributed by atoms with van der Waals surface area (Å²) in [7, 11) is 0. The first-order chi connectivity index (χ1) is 16.4. The summed E-state index contributed by atoms with van der Waals surface area (Å²) >= 11 is 24.9. The van der Waals surface area contributed by atoms with E-state index in [4.69, 9.17) is 46.4 Å². The van der Waals surface area contributed by atoms with Gasteiger partial charge in [0.25, 0.3) is 5.91 Å². The Balaban J connectivity index is 1.60. The number of aliphatic imine (C=N–C) groups is 1. The molecule has 4 heterocycles.